The zero-order valence-electron chi connectivity index (χ0n) is 20.7. The Hall–Kier alpha value is -4.09. The zero-order chi connectivity index (χ0) is 25.1. The molecule has 0 aliphatic carbocycles. The van der Waals surface area contributed by atoms with Gasteiger partial charge in [-0.05, 0) is 57.0 Å². The van der Waals surface area contributed by atoms with Crippen molar-refractivity contribution in [3.05, 3.63) is 54.5 Å². The molecule has 3 heterocycles. The number of aromatic amines is 1. The number of rotatable bonds is 7. The second-order valence-corrected chi connectivity index (χ2v) is 9.12. The Morgan fingerprint density at radius 3 is 2.75 bits per heavy atom. The lowest BCUT2D eigenvalue weighted by atomic mass is 9.97. The third-order valence-corrected chi connectivity index (χ3v) is 6.21. The fourth-order valence-corrected chi connectivity index (χ4v) is 4.52. The Balaban J connectivity index is 1.54. The molecule has 1 atom stereocenters. The molecule has 2 aromatic heterocycles. The summed E-state index contributed by atoms with van der Waals surface area (Å²) in [6, 6.07) is 11.9. The van der Waals surface area contributed by atoms with Gasteiger partial charge in [-0.2, -0.15) is 5.26 Å². The first-order valence-electron chi connectivity index (χ1n) is 12.2. The van der Waals surface area contributed by atoms with Crippen molar-refractivity contribution in [3.8, 4) is 45.8 Å². The van der Waals surface area contributed by atoms with Crippen molar-refractivity contribution in [1.29, 1.82) is 5.26 Å². The molecule has 184 valence electrons. The van der Waals surface area contributed by atoms with Gasteiger partial charge in [0.2, 0.25) is 5.88 Å². The number of benzene rings is 2. The standard InChI is InChI=1S/C28H29N5O3/c1-17(2)35-27-11-21(19(12-29)10-26(27)34-3)18-6-7-24-22(9-18)23(14-32-24)25-15-31-16-28(33-25)36-20-5-4-8-30-13-20/h6-7,9-11,14-17,20,30,32H,4-5,8,13H2,1-3H3/t20-/m1/s1. The average Bonchev–Trinajstić information content (AvgIpc) is 3.32. The topological polar surface area (TPSA) is 105 Å². The van der Waals surface area contributed by atoms with E-state index < -0.39 is 0 Å². The molecule has 8 heteroatoms. The SMILES string of the molecule is COc1cc(C#N)c(-c2ccc3[nH]cc(-c4cncc(O[C@@H]5CCCNC5)n4)c3c2)cc1OC(C)C. The fraction of sp³-hybridized carbons (Fsp3) is 0.321. The first kappa shape index (κ1) is 23.6. The maximum absolute atomic E-state index is 9.85. The first-order chi connectivity index (χ1) is 17.6. The van der Waals surface area contributed by atoms with Gasteiger partial charge in [-0.3, -0.25) is 4.98 Å². The number of hydrogen-bond acceptors (Lipinski definition) is 7. The van der Waals surface area contributed by atoms with Crippen molar-refractivity contribution < 1.29 is 14.2 Å². The Morgan fingerprint density at radius 1 is 1.11 bits per heavy atom. The van der Waals surface area contributed by atoms with E-state index in [1.165, 1.54) is 0 Å². The smallest absolute Gasteiger partial charge is 0.233 e. The number of H-pyrrole nitrogens is 1. The van der Waals surface area contributed by atoms with Gasteiger partial charge < -0.3 is 24.5 Å². The number of piperidine rings is 1. The van der Waals surface area contributed by atoms with E-state index in [9.17, 15) is 5.26 Å². The number of methoxy groups -OCH3 is 1. The van der Waals surface area contributed by atoms with E-state index in [4.69, 9.17) is 19.2 Å². The molecule has 2 aromatic carbocycles. The van der Waals surface area contributed by atoms with Gasteiger partial charge in [-0.25, -0.2) is 4.98 Å². The summed E-state index contributed by atoms with van der Waals surface area (Å²) in [5.74, 6) is 1.65. The molecule has 1 aliphatic rings. The van der Waals surface area contributed by atoms with E-state index in [0.29, 0.717) is 22.9 Å². The molecule has 0 amide bonds. The van der Waals surface area contributed by atoms with Gasteiger partial charge in [0.05, 0.1) is 42.9 Å². The average molecular weight is 484 g/mol. The summed E-state index contributed by atoms with van der Waals surface area (Å²) in [4.78, 5) is 12.4. The van der Waals surface area contributed by atoms with Crippen LogP contribution in [0.3, 0.4) is 0 Å². The summed E-state index contributed by atoms with van der Waals surface area (Å²) >= 11 is 0. The van der Waals surface area contributed by atoms with E-state index in [1.54, 1.807) is 25.6 Å². The quantitative estimate of drug-likeness (QED) is 0.377. The molecule has 0 unspecified atom stereocenters. The minimum absolute atomic E-state index is 0.0316. The molecule has 0 spiro atoms. The van der Waals surface area contributed by atoms with Crippen LogP contribution in [0.4, 0.5) is 0 Å². The van der Waals surface area contributed by atoms with Crippen LogP contribution >= 0.6 is 0 Å². The van der Waals surface area contributed by atoms with E-state index in [1.807, 2.05) is 38.2 Å². The molecule has 8 nitrogen and oxygen atoms in total. The minimum Gasteiger partial charge on any atom is -0.493 e. The second-order valence-electron chi connectivity index (χ2n) is 9.12. The Morgan fingerprint density at radius 2 is 2.00 bits per heavy atom. The van der Waals surface area contributed by atoms with Crippen molar-refractivity contribution >= 4 is 10.9 Å². The lowest BCUT2D eigenvalue weighted by Gasteiger charge is -2.23. The van der Waals surface area contributed by atoms with Crippen LogP contribution < -0.4 is 19.5 Å². The van der Waals surface area contributed by atoms with Crippen molar-refractivity contribution in [2.45, 2.75) is 38.9 Å². The maximum atomic E-state index is 9.85. The van der Waals surface area contributed by atoms with Crippen LogP contribution in [-0.4, -0.2) is 47.4 Å². The van der Waals surface area contributed by atoms with Crippen LogP contribution in [0.15, 0.2) is 48.9 Å². The van der Waals surface area contributed by atoms with Crippen LogP contribution in [0.1, 0.15) is 32.3 Å². The highest BCUT2D eigenvalue weighted by Crippen LogP contribution is 2.38. The zero-order valence-corrected chi connectivity index (χ0v) is 20.7. The van der Waals surface area contributed by atoms with E-state index in [2.05, 4.69) is 27.4 Å². The number of fused-ring (bicyclic) bond motifs is 1. The monoisotopic (exact) mass is 483 g/mol. The van der Waals surface area contributed by atoms with E-state index in [0.717, 1.165) is 59.2 Å². The van der Waals surface area contributed by atoms with Gasteiger partial charge in [-0.1, -0.05) is 6.07 Å². The number of nitrogens with zero attached hydrogens (tertiary/aromatic N) is 3. The number of ether oxygens (including phenoxy) is 3. The highest BCUT2D eigenvalue weighted by atomic mass is 16.5. The predicted molar refractivity (Wildman–Crippen MR) is 138 cm³/mol. The summed E-state index contributed by atoms with van der Waals surface area (Å²) < 4.78 is 17.5. The summed E-state index contributed by atoms with van der Waals surface area (Å²) in [5, 5.41) is 14.2. The van der Waals surface area contributed by atoms with Crippen LogP contribution in [0.25, 0.3) is 33.3 Å². The fourth-order valence-electron chi connectivity index (χ4n) is 4.52. The normalized spacial score (nSPS) is 15.6. The van der Waals surface area contributed by atoms with Gasteiger partial charge in [0.1, 0.15) is 6.10 Å². The van der Waals surface area contributed by atoms with Crippen LogP contribution in [0.2, 0.25) is 0 Å². The highest BCUT2D eigenvalue weighted by molar-refractivity contribution is 5.97. The van der Waals surface area contributed by atoms with Crippen molar-refractivity contribution in [2.24, 2.45) is 0 Å². The molecule has 36 heavy (non-hydrogen) atoms. The lowest BCUT2D eigenvalue weighted by molar-refractivity contribution is 0.160. The molecular weight excluding hydrogens is 454 g/mol. The first-order valence-corrected chi connectivity index (χ1v) is 12.2. The van der Waals surface area contributed by atoms with Gasteiger partial charge in [0.15, 0.2) is 11.5 Å². The summed E-state index contributed by atoms with van der Waals surface area (Å²) in [5.41, 5.74) is 4.77. The Bertz CT molecular complexity index is 1420. The highest BCUT2D eigenvalue weighted by Gasteiger charge is 2.18. The Kier molecular flexibility index (Phi) is 6.74. The molecule has 4 aromatic rings. The summed E-state index contributed by atoms with van der Waals surface area (Å²) in [6.07, 6.45) is 7.48. The molecule has 0 bridgehead atoms. The van der Waals surface area contributed by atoms with Gasteiger partial charge in [0.25, 0.3) is 0 Å². The van der Waals surface area contributed by atoms with Crippen LogP contribution in [0.5, 0.6) is 17.4 Å². The third-order valence-electron chi connectivity index (χ3n) is 6.21. The Labute approximate surface area is 210 Å². The maximum Gasteiger partial charge on any atom is 0.233 e. The number of nitriles is 1. The van der Waals surface area contributed by atoms with Gasteiger partial charge >= 0.3 is 0 Å². The minimum atomic E-state index is -0.0316. The lowest BCUT2D eigenvalue weighted by Crippen LogP contribution is -2.37. The van der Waals surface area contributed by atoms with E-state index >= 15 is 0 Å². The summed E-state index contributed by atoms with van der Waals surface area (Å²) in [7, 11) is 1.57. The van der Waals surface area contributed by atoms with E-state index in [-0.39, 0.29) is 12.2 Å². The molecule has 5 rings (SSSR count). The molecule has 0 radical (unpaired) electrons. The molecular formula is C28H29N5O3. The predicted octanol–water partition coefficient (Wildman–Crippen LogP) is 5.09. The molecule has 2 N–H and O–H groups in total. The van der Waals surface area contributed by atoms with Gasteiger partial charge in [0, 0.05) is 40.8 Å². The molecule has 1 fully saturated rings. The van der Waals surface area contributed by atoms with Crippen LogP contribution in [-0.2, 0) is 0 Å². The van der Waals surface area contributed by atoms with Crippen molar-refractivity contribution in [1.82, 2.24) is 20.3 Å². The number of hydrogen-bond donors (Lipinski definition) is 2. The molecule has 1 aliphatic heterocycles. The summed E-state index contributed by atoms with van der Waals surface area (Å²) in [6.45, 7) is 5.75. The molecule has 1 saturated heterocycles. The number of aromatic nitrogens is 3. The number of nitrogens with one attached hydrogen (secondary N) is 2. The van der Waals surface area contributed by atoms with Crippen molar-refractivity contribution in [2.75, 3.05) is 20.2 Å². The van der Waals surface area contributed by atoms with Crippen LogP contribution in [0, 0.1) is 11.3 Å². The molecule has 0 saturated carbocycles. The van der Waals surface area contributed by atoms with Gasteiger partial charge in [-0.15, -0.1) is 0 Å². The third kappa shape index (κ3) is 4.83. The van der Waals surface area contributed by atoms with Crippen molar-refractivity contribution in [3.63, 3.8) is 0 Å². The second kappa shape index (κ2) is 10.3. The largest absolute Gasteiger partial charge is 0.493 e.